The molecular weight excluding hydrogens is 495 g/mol. The Bertz CT molecular complexity index is 1340. The third-order valence-corrected chi connectivity index (χ3v) is 5.80. The average Bonchev–Trinajstić information content (AvgIpc) is 3.11. The predicted octanol–water partition coefficient (Wildman–Crippen LogP) is 5.26. The first-order chi connectivity index (χ1) is 16.5. The predicted molar refractivity (Wildman–Crippen MR) is 117 cm³/mol. The van der Waals surface area contributed by atoms with Crippen molar-refractivity contribution in [2.45, 2.75) is 18.6 Å². The first-order valence-electron chi connectivity index (χ1n) is 10.2. The number of nitrogens with one attached hydrogen (secondary N) is 2. The third kappa shape index (κ3) is 4.98. The molecule has 1 aliphatic heterocycles. The molecule has 0 spiro atoms. The molecule has 1 heterocycles. The van der Waals surface area contributed by atoms with Gasteiger partial charge in [0.2, 0.25) is 0 Å². The molecule has 3 N–H and O–H groups in total. The van der Waals surface area contributed by atoms with Crippen LogP contribution in [0.3, 0.4) is 0 Å². The number of hydrogen-bond donors (Lipinski definition) is 3. The zero-order valence-corrected chi connectivity index (χ0v) is 18.4. The maximum Gasteiger partial charge on any atom is 0.416 e. The molecule has 0 aromatic heterocycles. The van der Waals surface area contributed by atoms with Crippen LogP contribution in [0.2, 0.25) is 5.02 Å². The van der Waals surface area contributed by atoms with Crippen molar-refractivity contribution in [2.24, 2.45) is 0 Å². The van der Waals surface area contributed by atoms with Crippen LogP contribution in [0.15, 0.2) is 48.5 Å². The van der Waals surface area contributed by atoms with E-state index in [9.17, 15) is 36.6 Å². The summed E-state index contributed by atoms with van der Waals surface area (Å²) in [6.07, 6.45) is -4.78. The molecule has 0 fully saturated rings. The van der Waals surface area contributed by atoms with Crippen LogP contribution in [-0.2, 0) is 12.6 Å². The van der Waals surface area contributed by atoms with Crippen LogP contribution in [-0.4, -0.2) is 23.5 Å². The molecule has 0 radical (unpaired) electrons. The van der Waals surface area contributed by atoms with Crippen LogP contribution in [0.25, 0.3) is 0 Å². The van der Waals surface area contributed by atoms with E-state index in [1.165, 1.54) is 18.2 Å². The van der Waals surface area contributed by atoms with Crippen molar-refractivity contribution in [2.75, 3.05) is 11.9 Å². The number of aliphatic hydroxyl groups excluding tert-OH is 1. The largest absolute Gasteiger partial charge is 0.416 e. The Morgan fingerprint density at radius 3 is 2.49 bits per heavy atom. The molecule has 0 aliphatic carbocycles. The van der Waals surface area contributed by atoms with Gasteiger partial charge in [-0.3, -0.25) is 9.59 Å². The highest BCUT2D eigenvalue weighted by atomic mass is 35.5. The minimum Gasteiger partial charge on any atom is -0.396 e. The summed E-state index contributed by atoms with van der Waals surface area (Å²) in [7, 11) is 0. The van der Waals surface area contributed by atoms with Gasteiger partial charge in [-0.05, 0) is 60.5 Å². The van der Waals surface area contributed by atoms with E-state index >= 15 is 0 Å². The van der Waals surface area contributed by atoms with Crippen LogP contribution in [0.5, 0.6) is 0 Å². The first kappa shape index (κ1) is 24.6. The molecule has 1 atom stereocenters. The van der Waals surface area contributed by atoms with Gasteiger partial charge in [-0.1, -0.05) is 11.6 Å². The van der Waals surface area contributed by atoms with Gasteiger partial charge >= 0.3 is 6.18 Å². The number of hydrogen-bond acceptors (Lipinski definition) is 3. The number of rotatable bonds is 5. The Kier molecular flexibility index (Phi) is 6.52. The van der Waals surface area contributed by atoms with Crippen LogP contribution in [0.4, 0.5) is 27.6 Å². The van der Waals surface area contributed by atoms with E-state index < -0.39 is 46.8 Å². The van der Waals surface area contributed by atoms with E-state index in [2.05, 4.69) is 10.6 Å². The van der Waals surface area contributed by atoms with E-state index in [1.54, 1.807) is 0 Å². The van der Waals surface area contributed by atoms with Gasteiger partial charge in [0.25, 0.3) is 11.8 Å². The third-order valence-electron chi connectivity index (χ3n) is 5.45. The molecule has 1 unspecified atom stereocenters. The Labute approximate surface area is 200 Å². The highest BCUT2D eigenvalue weighted by molar-refractivity contribution is 6.31. The van der Waals surface area contributed by atoms with Gasteiger partial charge in [0.05, 0.1) is 11.6 Å². The minimum atomic E-state index is -4.88. The topological polar surface area (TPSA) is 78.4 Å². The van der Waals surface area contributed by atoms with E-state index in [0.717, 1.165) is 12.1 Å². The maximum atomic E-state index is 13.9. The van der Waals surface area contributed by atoms with E-state index in [-0.39, 0.29) is 46.5 Å². The second-order valence-electron chi connectivity index (χ2n) is 7.83. The van der Waals surface area contributed by atoms with Gasteiger partial charge < -0.3 is 15.7 Å². The summed E-state index contributed by atoms with van der Waals surface area (Å²) < 4.78 is 67.1. The summed E-state index contributed by atoms with van der Waals surface area (Å²) in [5.41, 5.74) is -0.999. The van der Waals surface area contributed by atoms with Gasteiger partial charge in [-0.25, -0.2) is 8.78 Å². The molecule has 11 heteroatoms. The number of anilines is 1. The number of fused-ring (bicyclic) bond motifs is 1. The lowest BCUT2D eigenvalue weighted by molar-refractivity contribution is -0.137. The van der Waals surface area contributed by atoms with Crippen LogP contribution in [0, 0.1) is 11.6 Å². The van der Waals surface area contributed by atoms with Gasteiger partial charge in [0.15, 0.2) is 0 Å². The zero-order chi connectivity index (χ0) is 25.5. The lowest BCUT2D eigenvalue weighted by Crippen LogP contribution is -2.21. The van der Waals surface area contributed by atoms with E-state index in [1.807, 2.05) is 0 Å². The molecule has 3 aromatic carbocycles. The molecule has 3 aromatic rings. The first-order valence-corrected chi connectivity index (χ1v) is 10.6. The lowest BCUT2D eigenvalue weighted by Gasteiger charge is -2.19. The highest BCUT2D eigenvalue weighted by Crippen LogP contribution is 2.40. The molecule has 0 bridgehead atoms. The molecule has 4 rings (SSSR count). The summed E-state index contributed by atoms with van der Waals surface area (Å²) in [6.45, 7) is -0.286. The second kappa shape index (κ2) is 9.27. The van der Waals surface area contributed by atoms with Crippen LogP contribution in [0.1, 0.15) is 49.0 Å². The molecule has 35 heavy (non-hydrogen) atoms. The molecule has 0 saturated heterocycles. The van der Waals surface area contributed by atoms with Crippen LogP contribution >= 0.6 is 11.6 Å². The Hall–Kier alpha value is -3.50. The number of benzene rings is 3. The van der Waals surface area contributed by atoms with Crippen molar-refractivity contribution in [1.82, 2.24) is 5.32 Å². The number of aliphatic hydroxyl groups is 1. The normalized spacial score (nSPS) is 15.1. The van der Waals surface area contributed by atoms with Gasteiger partial charge in [-0.2, -0.15) is 13.2 Å². The molecular formula is C24H16ClF5N2O3. The zero-order valence-electron chi connectivity index (χ0n) is 17.6. The average molecular weight is 511 g/mol. The molecule has 182 valence electrons. The van der Waals surface area contributed by atoms with Crippen molar-refractivity contribution in [3.63, 3.8) is 0 Å². The SMILES string of the molecule is O=C(Nc1cc(CCO)cc2c1C(c1cc(F)ccc1Cl)NC2=O)c1cc(F)cc(C(F)(F)F)c1. The summed E-state index contributed by atoms with van der Waals surface area (Å²) in [5, 5.41) is 14.5. The smallest absolute Gasteiger partial charge is 0.396 e. The van der Waals surface area contributed by atoms with E-state index in [0.29, 0.717) is 17.7 Å². The van der Waals surface area contributed by atoms with Crippen molar-refractivity contribution in [3.05, 3.63) is 98.6 Å². The van der Waals surface area contributed by atoms with Gasteiger partial charge in [-0.15, -0.1) is 0 Å². The van der Waals surface area contributed by atoms with Gasteiger partial charge in [0, 0.05) is 39.6 Å². The van der Waals surface area contributed by atoms with E-state index in [4.69, 9.17) is 11.6 Å². The highest BCUT2D eigenvalue weighted by Gasteiger charge is 2.35. The standard InChI is InChI=1S/C24H16ClF5N2O3/c25-18-2-1-14(26)10-16(18)21-20-17(23(35)32-21)5-11(3-4-33)6-19(20)31-22(34)12-7-13(24(28,29)30)9-15(27)8-12/h1-2,5-10,21,33H,3-4H2,(H,31,34)(H,32,35). The number of amides is 2. The van der Waals surface area contributed by atoms with Crippen molar-refractivity contribution < 1.29 is 36.6 Å². The maximum absolute atomic E-state index is 13.9. The monoisotopic (exact) mass is 510 g/mol. The Balaban J connectivity index is 1.82. The van der Waals surface area contributed by atoms with Crippen LogP contribution < -0.4 is 10.6 Å². The summed E-state index contributed by atoms with van der Waals surface area (Å²) in [5.74, 6) is -3.52. The summed E-state index contributed by atoms with van der Waals surface area (Å²) >= 11 is 6.22. The van der Waals surface area contributed by atoms with Crippen molar-refractivity contribution in [3.8, 4) is 0 Å². The fourth-order valence-electron chi connectivity index (χ4n) is 3.92. The number of halogens is 6. The number of carbonyl (C=O) groups is 2. The minimum absolute atomic E-state index is 0.0115. The number of carbonyl (C=O) groups excluding carboxylic acids is 2. The fourth-order valence-corrected chi connectivity index (χ4v) is 4.14. The Morgan fingerprint density at radius 1 is 1.06 bits per heavy atom. The lowest BCUT2D eigenvalue weighted by atomic mass is 9.93. The molecule has 1 aliphatic rings. The Morgan fingerprint density at radius 2 is 1.80 bits per heavy atom. The quantitative estimate of drug-likeness (QED) is 0.410. The van der Waals surface area contributed by atoms with Gasteiger partial charge in [0.1, 0.15) is 11.6 Å². The summed E-state index contributed by atoms with van der Waals surface area (Å²) in [6, 6.07) is 6.85. The fraction of sp³-hybridized carbons (Fsp3) is 0.167. The summed E-state index contributed by atoms with van der Waals surface area (Å²) in [4.78, 5) is 25.6. The molecule has 5 nitrogen and oxygen atoms in total. The number of alkyl halides is 3. The molecule has 2 amide bonds. The van der Waals surface area contributed by atoms with Crippen molar-refractivity contribution in [1.29, 1.82) is 0 Å². The second-order valence-corrected chi connectivity index (χ2v) is 8.24. The van der Waals surface area contributed by atoms with Crippen molar-refractivity contribution >= 4 is 29.1 Å². The molecule has 0 saturated carbocycles.